The SMILES string of the molecule is O=C(O)CC1CN(C(=O)c2cccc(-n3ccc(C(F)(F)F)n3)c2)CCO1. The Balaban J connectivity index is 1.78. The maximum absolute atomic E-state index is 12.7. The Morgan fingerprint density at radius 1 is 1.30 bits per heavy atom. The molecule has 1 fully saturated rings. The summed E-state index contributed by atoms with van der Waals surface area (Å²) in [6.45, 7) is 0.659. The highest BCUT2D eigenvalue weighted by molar-refractivity contribution is 5.94. The zero-order valence-corrected chi connectivity index (χ0v) is 14.0. The smallest absolute Gasteiger partial charge is 0.435 e. The van der Waals surface area contributed by atoms with Crippen molar-refractivity contribution in [3.8, 4) is 5.69 Å². The summed E-state index contributed by atoms with van der Waals surface area (Å²) in [4.78, 5) is 25.0. The monoisotopic (exact) mass is 383 g/mol. The van der Waals surface area contributed by atoms with Crippen molar-refractivity contribution in [2.24, 2.45) is 0 Å². The molecule has 1 unspecified atom stereocenters. The number of amides is 1. The van der Waals surface area contributed by atoms with Crippen LogP contribution in [-0.2, 0) is 15.7 Å². The molecule has 1 aliphatic heterocycles. The molecule has 1 N–H and O–H groups in total. The molecule has 7 nitrogen and oxygen atoms in total. The summed E-state index contributed by atoms with van der Waals surface area (Å²) >= 11 is 0. The van der Waals surface area contributed by atoms with Gasteiger partial charge in [-0.1, -0.05) is 6.07 Å². The minimum atomic E-state index is -4.55. The average Bonchev–Trinajstić information content (AvgIpc) is 3.11. The maximum Gasteiger partial charge on any atom is 0.435 e. The molecule has 27 heavy (non-hydrogen) atoms. The number of rotatable bonds is 4. The van der Waals surface area contributed by atoms with Crippen LogP contribution in [-0.4, -0.2) is 57.5 Å². The molecule has 0 aliphatic carbocycles. The fourth-order valence-corrected chi connectivity index (χ4v) is 2.81. The van der Waals surface area contributed by atoms with E-state index in [1.165, 1.54) is 23.2 Å². The zero-order valence-electron chi connectivity index (χ0n) is 14.0. The van der Waals surface area contributed by atoms with Crippen LogP contribution in [0.1, 0.15) is 22.5 Å². The lowest BCUT2D eigenvalue weighted by Gasteiger charge is -2.32. The summed E-state index contributed by atoms with van der Waals surface area (Å²) < 4.78 is 44.5. The van der Waals surface area contributed by atoms with Gasteiger partial charge < -0.3 is 14.7 Å². The summed E-state index contributed by atoms with van der Waals surface area (Å²) in [5.74, 6) is -1.37. The molecule has 1 saturated heterocycles. The molecular formula is C17H16F3N3O4. The van der Waals surface area contributed by atoms with Gasteiger partial charge in [-0.05, 0) is 24.3 Å². The molecule has 0 saturated carbocycles. The Kier molecular flexibility index (Phi) is 5.17. The van der Waals surface area contributed by atoms with Crippen molar-refractivity contribution in [1.82, 2.24) is 14.7 Å². The maximum atomic E-state index is 12.7. The Morgan fingerprint density at radius 3 is 2.74 bits per heavy atom. The van der Waals surface area contributed by atoms with E-state index in [0.29, 0.717) is 12.2 Å². The van der Waals surface area contributed by atoms with E-state index >= 15 is 0 Å². The summed E-state index contributed by atoms with van der Waals surface area (Å²) in [6, 6.07) is 6.93. The van der Waals surface area contributed by atoms with Crippen molar-refractivity contribution in [3.63, 3.8) is 0 Å². The number of carboxylic acids is 1. The van der Waals surface area contributed by atoms with Crippen LogP contribution in [0.25, 0.3) is 5.69 Å². The third kappa shape index (κ3) is 4.45. The van der Waals surface area contributed by atoms with Gasteiger partial charge in [0.2, 0.25) is 0 Å². The van der Waals surface area contributed by atoms with Crippen molar-refractivity contribution in [1.29, 1.82) is 0 Å². The Bertz CT molecular complexity index is 850. The predicted molar refractivity (Wildman–Crippen MR) is 86.5 cm³/mol. The van der Waals surface area contributed by atoms with Gasteiger partial charge in [0, 0.05) is 24.8 Å². The highest BCUT2D eigenvalue weighted by Crippen LogP contribution is 2.28. The molecule has 1 aliphatic rings. The molecule has 1 atom stereocenters. The number of hydrogen-bond donors (Lipinski definition) is 1. The number of benzene rings is 1. The molecule has 0 bridgehead atoms. The lowest BCUT2D eigenvalue weighted by Crippen LogP contribution is -2.46. The molecule has 0 radical (unpaired) electrons. The van der Waals surface area contributed by atoms with Crippen LogP contribution in [0.3, 0.4) is 0 Å². The fraction of sp³-hybridized carbons (Fsp3) is 0.353. The van der Waals surface area contributed by atoms with E-state index in [1.807, 2.05) is 0 Å². The zero-order chi connectivity index (χ0) is 19.6. The van der Waals surface area contributed by atoms with Crippen molar-refractivity contribution in [2.75, 3.05) is 19.7 Å². The molecule has 1 aromatic carbocycles. The number of carbonyl (C=O) groups excluding carboxylic acids is 1. The molecule has 2 heterocycles. The van der Waals surface area contributed by atoms with Gasteiger partial charge in [-0.3, -0.25) is 9.59 Å². The third-order valence-corrected chi connectivity index (χ3v) is 4.07. The van der Waals surface area contributed by atoms with Gasteiger partial charge in [0.1, 0.15) is 0 Å². The fourth-order valence-electron chi connectivity index (χ4n) is 2.81. The van der Waals surface area contributed by atoms with Crippen LogP contribution < -0.4 is 0 Å². The first-order valence-electron chi connectivity index (χ1n) is 8.10. The van der Waals surface area contributed by atoms with E-state index in [0.717, 1.165) is 10.7 Å². The minimum absolute atomic E-state index is 0.134. The standard InChI is InChI=1S/C17H16F3N3O4/c18-17(19,20)14-4-5-23(21-14)12-3-1-2-11(8-12)16(26)22-6-7-27-13(10-22)9-15(24)25/h1-5,8,13H,6-7,9-10H2,(H,24,25). The number of halogens is 3. The molecule has 10 heteroatoms. The van der Waals surface area contributed by atoms with E-state index in [4.69, 9.17) is 9.84 Å². The summed E-state index contributed by atoms with van der Waals surface area (Å²) in [5.41, 5.74) is -0.442. The summed E-state index contributed by atoms with van der Waals surface area (Å²) in [5, 5.41) is 12.3. The van der Waals surface area contributed by atoms with Crippen LogP contribution in [0.4, 0.5) is 13.2 Å². The number of carbonyl (C=O) groups is 2. The Labute approximate surface area is 151 Å². The van der Waals surface area contributed by atoms with Gasteiger partial charge in [0.05, 0.1) is 24.8 Å². The van der Waals surface area contributed by atoms with Crippen LogP contribution in [0, 0.1) is 0 Å². The van der Waals surface area contributed by atoms with Gasteiger partial charge >= 0.3 is 12.1 Å². The number of morpholine rings is 1. The second-order valence-corrected chi connectivity index (χ2v) is 6.04. The van der Waals surface area contributed by atoms with Crippen LogP contribution in [0.2, 0.25) is 0 Å². The Hall–Kier alpha value is -2.88. The third-order valence-electron chi connectivity index (χ3n) is 4.07. The van der Waals surface area contributed by atoms with Crippen molar-refractivity contribution in [3.05, 3.63) is 47.8 Å². The van der Waals surface area contributed by atoms with Gasteiger partial charge in [0.25, 0.3) is 5.91 Å². The van der Waals surface area contributed by atoms with Gasteiger partial charge in [0.15, 0.2) is 5.69 Å². The number of nitrogens with zero attached hydrogens (tertiary/aromatic N) is 3. The van der Waals surface area contributed by atoms with Gasteiger partial charge in [-0.2, -0.15) is 18.3 Å². The first-order valence-corrected chi connectivity index (χ1v) is 8.10. The molecular weight excluding hydrogens is 367 g/mol. The molecule has 0 spiro atoms. The normalized spacial score (nSPS) is 17.7. The number of alkyl halides is 3. The number of ether oxygens (including phenoxy) is 1. The first-order chi connectivity index (χ1) is 12.7. The van der Waals surface area contributed by atoms with Crippen molar-refractivity contribution >= 4 is 11.9 Å². The summed E-state index contributed by atoms with van der Waals surface area (Å²) in [7, 11) is 0. The van der Waals surface area contributed by atoms with Crippen LogP contribution >= 0.6 is 0 Å². The average molecular weight is 383 g/mol. The highest BCUT2D eigenvalue weighted by atomic mass is 19.4. The quantitative estimate of drug-likeness (QED) is 0.875. The molecule has 1 amide bonds. The predicted octanol–water partition coefficient (Wildman–Crippen LogP) is 2.21. The van der Waals surface area contributed by atoms with E-state index in [9.17, 15) is 22.8 Å². The van der Waals surface area contributed by atoms with Gasteiger partial charge in [-0.15, -0.1) is 0 Å². The number of aromatic nitrogens is 2. The minimum Gasteiger partial charge on any atom is -0.481 e. The highest BCUT2D eigenvalue weighted by Gasteiger charge is 2.33. The second-order valence-electron chi connectivity index (χ2n) is 6.04. The largest absolute Gasteiger partial charge is 0.481 e. The molecule has 144 valence electrons. The van der Waals surface area contributed by atoms with E-state index < -0.39 is 23.9 Å². The lowest BCUT2D eigenvalue weighted by molar-refractivity contribution is -0.142. The van der Waals surface area contributed by atoms with Crippen LogP contribution in [0.5, 0.6) is 0 Å². The molecule has 1 aromatic heterocycles. The van der Waals surface area contributed by atoms with Crippen LogP contribution in [0.15, 0.2) is 36.5 Å². The molecule has 3 rings (SSSR count). The van der Waals surface area contributed by atoms with E-state index in [1.54, 1.807) is 12.1 Å². The second kappa shape index (κ2) is 7.39. The van der Waals surface area contributed by atoms with E-state index in [-0.39, 0.29) is 31.0 Å². The topological polar surface area (TPSA) is 84.7 Å². The van der Waals surface area contributed by atoms with Crippen molar-refractivity contribution in [2.45, 2.75) is 18.7 Å². The van der Waals surface area contributed by atoms with Gasteiger partial charge in [-0.25, -0.2) is 4.68 Å². The lowest BCUT2D eigenvalue weighted by atomic mass is 10.1. The summed E-state index contributed by atoms with van der Waals surface area (Å²) in [6.07, 6.45) is -4.18. The van der Waals surface area contributed by atoms with E-state index in [2.05, 4.69) is 5.10 Å². The number of hydrogen-bond acceptors (Lipinski definition) is 4. The Morgan fingerprint density at radius 2 is 2.07 bits per heavy atom. The number of aliphatic carboxylic acids is 1. The first kappa shape index (κ1) is 18.9. The number of carboxylic acid groups (broad SMARTS) is 1. The molecule has 2 aromatic rings. The van der Waals surface area contributed by atoms with Crippen molar-refractivity contribution < 1.29 is 32.6 Å².